The highest BCUT2D eigenvalue weighted by atomic mass is 79.9. The maximum absolute atomic E-state index is 14.8. The predicted octanol–water partition coefficient (Wildman–Crippen LogP) is 7.70. The molecule has 0 bridgehead atoms. The minimum atomic E-state index is -4.31. The largest absolute Gasteiger partial charge is 0.495 e. The van der Waals surface area contributed by atoms with E-state index in [0.717, 1.165) is 57.6 Å². The Kier molecular flexibility index (Phi) is 12.4. The molecule has 1 aliphatic carbocycles. The van der Waals surface area contributed by atoms with Gasteiger partial charge in [-0.2, -0.15) is 0 Å². The van der Waals surface area contributed by atoms with Crippen LogP contribution in [0.5, 0.6) is 5.75 Å². The third kappa shape index (κ3) is 9.44. The first-order valence-corrected chi connectivity index (χ1v) is 19.0. The number of halogens is 2. The molecule has 5 rings (SSSR count). The van der Waals surface area contributed by atoms with Gasteiger partial charge in [-0.1, -0.05) is 107 Å². The highest BCUT2D eigenvalue weighted by molar-refractivity contribution is 9.10. The zero-order chi connectivity index (χ0) is 35.0. The molecule has 1 aliphatic rings. The average Bonchev–Trinajstić information content (AvgIpc) is 3.10. The van der Waals surface area contributed by atoms with E-state index >= 15 is 0 Å². The van der Waals surface area contributed by atoms with E-state index in [1.165, 1.54) is 30.2 Å². The first-order valence-electron chi connectivity index (χ1n) is 16.4. The number of nitrogens with zero attached hydrogens (tertiary/aromatic N) is 2. The molecule has 49 heavy (non-hydrogen) atoms. The topological polar surface area (TPSA) is 96.0 Å². The molecule has 0 aromatic heterocycles. The minimum Gasteiger partial charge on any atom is -0.495 e. The van der Waals surface area contributed by atoms with E-state index < -0.39 is 28.5 Å². The van der Waals surface area contributed by atoms with E-state index in [9.17, 15) is 18.0 Å². The Labute approximate surface area is 302 Å². The third-order valence-corrected chi connectivity index (χ3v) is 11.3. The minimum absolute atomic E-state index is 0.00302. The summed E-state index contributed by atoms with van der Waals surface area (Å²) in [6.45, 7) is 1.33. The molecular formula is C38H41BrClN3O5S. The van der Waals surface area contributed by atoms with Gasteiger partial charge in [-0.3, -0.25) is 13.9 Å². The van der Waals surface area contributed by atoms with Crippen LogP contribution in [-0.2, 0) is 32.6 Å². The molecule has 4 aromatic carbocycles. The second-order valence-electron chi connectivity index (χ2n) is 12.3. The lowest BCUT2D eigenvalue weighted by molar-refractivity contribution is -0.140. The number of nitrogens with one attached hydrogen (secondary N) is 1. The molecule has 0 aliphatic heterocycles. The molecule has 0 spiro atoms. The summed E-state index contributed by atoms with van der Waals surface area (Å²) in [6.07, 6.45) is 5.19. The predicted molar refractivity (Wildman–Crippen MR) is 197 cm³/mol. The molecule has 258 valence electrons. The van der Waals surface area contributed by atoms with Crippen LogP contribution in [0.3, 0.4) is 0 Å². The summed E-state index contributed by atoms with van der Waals surface area (Å²) in [4.78, 5) is 30.6. The van der Waals surface area contributed by atoms with Crippen molar-refractivity contribution in [1.82, 2.24) is 10.2 Å². The fourth-order valence-corrected chi connectivity index (χ4v) is 7.94. The Bertz CT molecular complexity index is 1830. The Hall–Kier alpha value is -3.86. The molecule has 1 saturated carbocycles. The number of carbonyl (C=O) groups excluding carboxylic acids is 2. The first kappa shape index (κ1) is 36.4. The number of hydrogen-bond donors (Lipinski definition) is 1. The van der Waals surface area contributed by atoms with Crippen LogP contribution in [0.2, 0.25) is 5.02 Å². The number of amides is 2. The highest BCUT2D eigenvalue weighted by Gasteiger charge is 2.36. The lowest BCUT2D eigenvalue weighted by atomic mass is 9.94. The molecule has 1 N–H and O–H groups in total. The first-order chi connectivity index (χ1) is 23.5. The Morgan fingerprint density at radius 2 is 1.59 bits per heavy atom. The smallest absolute Gasteiger partial charge is 0.264 e. The number of hydrogen-bond acceptors (Lipinski definition) is 5. The van der Waals surface area contributed by atoms with Crippen LogP contribution in [0, 0.1) is 6.92 Å². The third-order valence-electron chi connectivity index (χ3n) is 8.79. The number of aryl methyl sites for hydroxylation is 1. The maximum Gasteiger partial charge on any atom is 0.264 e. The van der Waals surface area contributed by atoms with Crippen molar-refractivity contribution >= 4 is 55.1 Å². The average molecular weight is 767 g/mol. The van der Waals surface area contributed by atoms with Crippen molar-refractivity contribution in [3.05, 3.63) is 123 Å². The van der Waals surface area contributed by atoms with Gasteiger partial charge >= 0.3 is 0 Å². The molecule has 1 fully saturated rings. The number of carbonyl (C=O) groups is 2. The summed E-state index contributed by atoms with van der Waals surface area (Å²) >= 11 is 9.88. The van der Waals surface area contributed by atoms with E-state index in [1.807, 2.05) is 61.5 Å². The summed E-state index contributed by atoms with van der Waals surface area (Å²) in [7, 11) is -2.89. The van der Waals surface area contributed by atoms with Gasteiger partial charge in [0.2, 0.25) is 11.8 Å². The van der Waals surface area contributed by atoms with Gasteiger partial charge in [0.05, 0.1) is 17.7 Å². The van der Waals surface area contributed by atoms with Gasteiger partial charge in [-0.05, 0) is 73.4 Å². The van der Waals surface area contributed by atoms with E-state index in [1.54, 1.807) is 24.3 Å². The normalized spacial score (nSPS) is 14.1. The van der Waals surface area contributed by atoms with Crippen LogP contribution < -0.4 is 14.4 Å². The van der Waals surface area contributed by atoms with Gasteiger partial charge in [0.1, 0.15) is 18.3 Å². The molecule has 11 heteroatoms. The summed E-state index contributed by atoms with van der Waals surface area (Å²) in [5, 5.41) is 3.50. The summed E-state index contributed by atoms with van der Waals surface area (Å²) < 4.78 is 36.3. The molecule has 1 atom stereocenters. The second kappa shape index (κ2) is 16.7. The Morgan fingerprint density at radius 3 is 2.24 bits per heavy atom. The summed E-state index contributed by atoms with van der Waals surface area (Å²) in [6, 6.07) is 27.2. The van der Waals surface area contributed by atoms with Gasteiger partial charge in [0.25, 0.3) is 10.0 Å². The van der Waals surface area contributed by atoms with Crippen LogP contribution >= 0.6 is 27.5 Å². The van der Waals surface area contributed by atoms with Crippen molar-refractivity contribution in [3.8, 4) is 5.75 Å². The fourth-order valence-electron chi connectivity index (χ4n) is 6.09. The maximum atomic E-state index is 14.8. The van der Waals surface area contributed by atoms with Crippen LogP contribution in [0.1, 0.15) is 48.8 Å². The van der Waals surface area contributed by atoms with E-state index in [4.69, 9.17) is 16.3 Å². The van der Waals surface area contributed by atoms with Crippen LogP contribution in [0.15, 0.2) is 106 Å². The van der Waals surface area contributed by atoms with Crippen LogP contribution in [0.4, 0.5) is 5.69 Å². The highest BCUT2D eigenvalue weighted by Crippen LogP contribution is 2.35. The molecule has 0 saturated heterocycles. The van der Waals surface area contributed by atoms with Gasteiger partial charge < -0.3 is 15.0 Å². The monoisotopic (exact) mass is 765 g/mol. The van der Waals surface area contributed by atoms with Gasteiger partial charge in [-0.25, -0.2) is 8.42 Å². The zero-order valence-corrected chi connectivity index (χ0v) is 30.8. The summed E-state index contributed by atoms with van der Waals surface area (Å²) in [5.41, 5.74) is 2.66. The van der Waals surface area contributed by atoms with Crippen molar-refractivity contribution in [3.63, 3.8) is 0 Å². The van der Waals surface area contributed by atoms with Gasteiger partial charge in [0, 0.05) is 28.5 Å². The van der Waals surface area contributed by atoms with Crippen molar-refractivity contribution in [1.29, 1.82) is 0 Å². The van der Waals surface area contributed by atoms with Gasteiger partial charge in [0.15, 0.2) is 0 Å². The van der Waals surface area contributed by atoms with Crippen molar-refractivity contribution in [2.24, 2.45) is 0 Å². The standard InChI is InChI=1S/C38H41BrClN3O5S/c1-27-13-20-33(21-14-27)49(46,47)43(34-24-31(40)19-22-36(34)48-2)26-37(44)42(25-29-15-17-30(39)18-16-29)35(23-28-9-5-3-6-10-28)38(45)41-32-11-7-4-8-12-32/h3,5-6,9-10,13-22,24,32,35H,4,7-8,11-12,23,25-26H2,1-2H3,(H,41,45). The van der Waals surface area contributed by atoms with E-state index in [2.05, 4.69) is 21.2 Å². The lowest BCUT2D eigenvalue weighted by Crippen LogP contribution is -2.55. The number of anilines is 1. The second-order valence-corrected chi connectivity index (χ2v) is 15.6. The number of ether oxygens (including phenoxy) is 1. The number of methoxy groups -OCH3 is 1. The van der Waals surface area contributed by atoms with Crippen molar-refractivity contribution < 1.29 is 22.7 Å². The quantitative estimate of drug-likeness (QED) is 0.151. The Balaban J connectivity index is 1.60. The fraction of sp³-hybridized carbons (Fsp3) is 0.316. The van der Waals surface area contributed by atoms with Crippen molar-refractivity contribution in [2.75, 3.05) is 18.0 Å². The van der Waals surface area contributed by atoms with Gasteiger partial charge in [-0.15, -0.1) is 0 Å². The molecule has 4 aromatic rings. The van der Waals surface area contributed by atoms with E-state index in [0.29, 0.717) is 0 Å². The zero-order valence-electron chi connectivity index (χ0n) is 27.6. The molecule has 1 unspecified atom stereocenters. The summed E-state index contributed by atoms with van der Waals surface area (Å²) in [5.74, 6) is -0.599. The van der Waals surface area contributed by atoms with Crippen molar-refractivity contribution in [2.45, 2.75) is 69.0 Å². The lowest BCUT2D eigenvalue weighted by Gasteiger charge is -2.35. The number of rotatable bonds is 13. The molecule has 0 heterocycles. The molecule has 0 radical (unpaired) electrons. The molecular weight excluding hydrogens is 726 g/mol. The number of benzene rings is 4. The molecule has 8 nitrogen and oxygen atoms in total. The van der Waals surface area contributed by atoms with Crippen LogP contribution in [0.25, 0.3) is 0 Å². The number of sulfonamides is 1. The van der Waals surface area contributed by atoms with Crippen LogP contribution in [-0.4, -0.2) is 50.9 Å². The van der Waals surface area contributed by atoms with E-state index in [-0.39, 0.29) is 46.3 Å². The molecule has 2 amide bonds. The SMILES string of the molecule is COc1ccc(Cl)cc1N(CC(=O)N(Cc1ccc(Br)cc1)C(Cc1ccccc1)C(=O)NC1CCCCC1)S(=O)(=O)c1ccc(C)cc1. The Morgan fingerprint density at radius 1 is 0.918 bits per heavy atom.